The minimum absolute atomic E-state index is 0.0642. The third-order valence-electron chi connectivity index (χ3n) is 3.39. The molecule has 0 saturated carbocycles. The second-order valence-corrected chi connectivity index (χ2v) is 7.09. The number of rotatable bonds is 6. The average Bonchev–Trinajstić information content (AvgIpc) is 2.92. The van der Waals surface area contributed by atoms with Crippen LogP contribution in [0.3, 0.4) is 0 Å². The van der Waals surface area contributed by atoms with Gasteiger partial charge in [-0.2, -0.15) is 11.8 Å². The monoisotopic (exact) mass is 300 g/mol. The molecule has 0 radical (unpaired) electrons. The highest BCUT2D eigenvalue weighted by atomic mass is 32.2. The van der Waals surface area contributed by atoms with Crippen LogP contribution in [0, 0.1) is 5.41 Å². The molecule has 5 nitrogen and oxygen atoms in total. The van der Waals surface area contributed by atoms with Gasteiger partial charge in [0.25, 0.3) is 0 Å². The van der Waals surface area contributed by atoms with Crippen molar-refractivity contribution in [2.75, 3.05) is 32.4 Å². The van der Waals surface area contributed by atoms with E-state index in [2.05, 4.69) is 20.9 Å². The molecule has 6 heteroatoms. The smallest absolute Gasteiger partial charge is 0.227 e. The predicted molar refractivity (Wildman–Crippen MR) is 87.3 cm³/mol. The lowest BCUT2D eigenvalue weighted by atomic mass is 9.92. The van der Waals surface area contributed by atoms with E-state index in [1.54, 1.807) is 7.05 Å². The van der Waals surface area contributed by atoms with Gasteiger partial charge < -0.3 is 16.0 Å². The molecule has 0 spiro atoms. The predicted octanol–water partition coefficient (Wildman–Crippen LogP) is 1.21. The van der Waals surface area contributed by atoms with Gasteiger partial charge in [0.05, 0.1) is 5.41 Å². The van der Waals surface area contributed by atoms with Crippen molar-refractivity contribution in [3.8, 4) is 0 Å². The number of carbonyl (C=O) groups is 1. The molecule has 1 rings (SSSR count). The Morgan fingerprint density at radius 1 is 1.35 bits per heavy atom. The molecule has 1 amide bonds. The van der Waals surface area contributed by atoms with Gasteiger partial charge in [0.2, 0.25) is 5.91 Å². The zero-order chi connectivity index (χ0) is 15.0. The summed E-state index contributed by atoms with van der Waals surface area (Å²) in [5.74, 6) is 2.10. The molecule has 1 aliphatic heterocycles. The number of thioether (sulfide) groups is 1. The Labute approximate surface area is 126 Å². The van der Waals surface area contributed by atoms with Crippen LogP contribution < -0.4 is 16.0 Å². The van der Waals surface area contributed by atoms with Crippen LogP contribution in [0.15, 0.2) is 4.99 Å². The van der Waals surface area contributed by atoms with Crippen molar-refractivity contribution in [3.05, 3.63) is 0 Å². The fraction of sp³-hybridized carbons (Fsp3) is 0.857. The van der Waals surface area contributed by atoms with Crippen LogP contribution >= 0.6 is 11.8 Å². The highest BCUT2D eigenvalue weighted by molar-refractivity contribution is 8.00. The van der Waals surface area contributed by atoms with Crippen LogP contribution in [-0.2, 0) is 4.79 Å². The summed E-state index contributed by atoms with van der Waals surface area (Å²) in [6, 6.07) is 0. The summed E-state index contributed by atoms with van der Waals surface area (Å²) in [7, 11) is 1.76. The van der Waals surface area contributed by atoms with Crippen molar-refractivity contribution < 1.29 is 4.79 Å². The van der Waals surface area contributed by atoms with Crippen molar-refractivity contribution in [1.82, 2.24) is 16.0 Å². The lowest BCUT2D eigenvalue weighted by Crippen LogP contribution is -2.48. The van der Waals surface area contributed by atoms with Gasteiger partial charge in [-0.05, 0) is 39.4 Å². The molecular weight excluding hydrogens is 272 g/mol. The van der Waals surface area contributed by atoms with E-state index in [0.29, 0.717) is 18.3 Å². The van der Waals surface area contributed by atoms with Crippen LogP contribution in [0.25, 0.3) is 0 Å². The molecule has 1 heterocycles. The molecule has 116 valence electrons. The van der Waals surface area contributed by atoms with Crippen molar-refractivity contribution >= 4 is 23.6 Å². The molecule has 3 N–H and O–H groups in total. The molecule has 1 atom stereocenters. The molecular formula is C14H28N4OS. The van der Waals surface area contributed by atoms with Crippen molar-refractivity contribution in [2.24, 2.45) is 10.4 Å². The molecule has 1 unspecified atom stereocenters. The normalized spacial score (nSPS) is 19.8. The van der Waals surface area contributed by atoms with Crippen LogP contribution in [0.1, 0.15) is 33.6 Å². The number of amides is 1. The largest absolute Gasteiger partial charge is 0.356 e. The fourth-order valence-electron chi connectivity index (χ4n) is 2.02. The molecule has 1 fully saturated rings. The second-order valence-electron chi connectivity index (χ2n) is 5.69. The van der Waals surface area contributed by atoms with Crippen LogP contribution in [-0.4, -0.2) is 49.6 Å². The lowest BCUT2D eigenvalue weighted by Gasteiger charge is -2.25. The molecule has 1 saturated heterocycles. The first-order valence-corrected chi connectivity index (χ1v) is 8.39. The van der Waals surface area contributed by atoms with E-state index in [0.717, 1.165) is 12.5 Å². The first-order chi connectivity index (χ1) is 9.49. The Morgan fingerprint density at radius 3 is 2.65 bits per heavy atom. The highest BCUT2D eigenvalue weighted by Gasteiger charge is 2.27. The van der Waals surface area contributed by atoms with E-state index in [-0.39, 0.29) is 5.91 Å². The number of guanidine groups is 1. The Hall–Kier alpha value is -0.910. The second kappa shape index (κ2) is 8.39. The summed E-state index contributed by atoms with van der Waals surface area (Å²) >= 11 is 2.02. The van der Waals surface area contributed by atoms with Gasteiger partial charge in [-0.3, -0.25) is 9.79 Å². The summed E-state index contributed by atoms with van der Waals surface area (Å²) in [4.78, 5) is 16.1. The van der Waals surface area contributed by atoms with Gasteiger partial charge in [0.15, 0.2) is 5.96 Å². The summed E-state index contributed by atoms with van der Waals surface area (Å²) in [5.41, 5.74) is -0.449. The minimum Gasteiger partial charge on any atom is -0.356 e. The quantitative estimate of drug-likeness (QED) is 0.509. The number of hydrogen-bond acceptors (Lipinski definition) is 3. The maximum absolute atomic E-state index is 11.9. The number of nitrogens with one attached hydrogen (secondary N) is 3. The Kier molecular flexibility index (Phi) is 7.19. The van der Waals surface area contributed by atoms with Gasteiger partial charge in [-0.1, -0.05) is 0 Å². The molecule has 0 aromatic rings. The Morgan fingerprint density at radius 2 is 2.10 bits per heavy atom. The highest BCUT2D eigenvalue weighted by Crippen LogP contribution is 2.25. The first kappa shape index (κ1) is 17.1. The number of nitrogens with zero attached hydrogens (tertiary/aromatic N) is 1. The molecule has 0 aromatic carbocycles. The van der Waals surface area contributed by atoms with Gasteiger partial charge in [0.1, 0.15) is 0 Å². The first-order valence-electron chi connectivity index (χ1n) is 7.34. The van der Waals surface area contributed by atoms with Gasteiger partial charge in [0, 0.05) is 31.9 Å². The van der Waals surface area contributed by atoms with E-state index in [1.807, 2.05) is 32.5 Å². The summed E-state index contributed by atoms with van der Waals surface area (Å²) in [6.45, 7) is 7.97. The molecule has 0 aromatic heterocycles. The van der Waals surface area contributed by atoms with Crippen molar-refractivity contribution in [2.45, 2.75) is 38.9 Å². The van der Waals surface area contributed by atoms with E-state index in [9.17, 15) is 4.79 Å². The average molecular weight is 300 g/mol. The van der Waals surface area contributed by atoms with Gasteiger partial charge in [-0.25, -0.2) is 0 Å². The third-order valence-corrected chi connectivity index (χ3v) is 4.79. The minimum atomic E-state index is -0.449. The van der Waals surface area contributed by atoms with E-state index < -0.39 is 5.41 Å². The summed E-state index contributed by atoms with van der Waals surface area (Å²) in [5, 5.41) is 10.1. The molecule has 1 aliphatic rings. The van der Waals surface area contributed by atoms with Crippen LogP contribution in [0.2, 0.25) is 0 Å². The Balaban J connectivity index is 2.34. The van der Waals surface area contributed by atoms with Crippen LogP contribution in [0.4, 0.5) is 0 Å². The summed E-state index contributed by atoms with van der Waals surface area (Å²) < 4.78 is 0. The fourth-order valence-corrected chi connectivity index (χ4v) is 3.22. The molecule has 0 aliphatic carbocycles. The van der Waals surface area contributed by atoms with Gasteiger partial charge >= 0.3 is 0 Å². The zero-order valence-corrected chi connectivity index (χ0v) is 13.9. The topological polar surface area (TPSA) is 65.5 Å². The van der Waals surface area contributed by atoms with Crippen molar-refractivity contribution in [3.63, 3.8) is 0 Å². The SMILES string of the molecule is CCNC(=O)C(C)(C)CNC(=NC)NCC1CCCS1. The maximum Gasteiger partial charge on any atom is 0.227 e. The van der Waals surface area contributed by atoms with Gasteiger partial charge in [-0.15, -0.1) is 0 Å². The zero-order valence-electron chi connectivity index (χ0n) is 13.1. The van der Waals surface area contributed by atoms with E-state index in [4.69, 9.17) is 0 Å². The van der Waals surface area contributed by atoms with Crippen LogP contribution in [0.5, 0.6) is 0 Å². The lowest BCUT2D eigenvalue weighted by molar-refractivity contribution is -0.128. The van der Waals surface area contributed by atoms with E-state index >= 15 is 0 Å². The molecule has 0 bridgehead atoms. The Bertz CT molecular complexity index is 338. The van der Waals surface area contributed by atoms with Crippen molar-refractivity contribution in [1.29, 1.82) is 0 Å². The maximum atomic E-state index is 11.9. The number of hydrogen-bond donors (Lipinski definition) is 3. The number of carbonyl (C=O) groups excluding carboxylic acids is 1. The molecule has 20 heavy (non-hydrogen) atoms. The number of aliphatic imine (C=N–C) groups is 1. The summed E-state index contributed by atoms with van der Waals surface area (Å²) in [6.07, 6.45) is 2.59. The third kappa shape index (κ3) is 5.61. The standard InChI is InChI=1S/C14H28N4OS/c1-5-16-12(19)14(2,3)10-18-13(15-4)17-9-11-7-6-8-20-11/h11H,5-10H2,1-4H3,(H,16,19)(H2,15,17,18). The van der Waals surface area contributed by atoms with E-state index in [1.165, 1.54) is 18.6 Å².